The van der Waals surface area contributed by atoms with Gasteiger partial charge in [0.15, 0.2) is 0 Å². The smallest absolute Gasteiger partial charge is 0.249 e. The van der Waals surface area contributed by atoms with Crippen LogP contribution in [0, 0.1) is 22.1 Å². The van der Waals surface area contributed by atoms with Crippen LogP contribution in [-0.2, 0) is 0 Å². The molecule has 0 aromatic heterocycles. The lowest BCUT2D eigenvalue weighted by atomic mass is 9.99. The van der Waals surface area contributed by atoms with Crippen molar-refractivity contribution < 1.29 is 13.6 Å². The maximum atomic E-state index is 13.7. The third kappa shape index (κ3) is 2.75. The van der Waals surface area contributed by atoms with Crippen LogP contribution in [0.15, 0.2) is 30.3 Å². The predicted octanol–water partition coefficient (Wildman–Crippen LogP) is 3.64. The summed E-state index contributed by atoms with van der Waals surface area (Å²) in [6.07, 6.45) is 0. The molecule has 19 heavy (non-hydrogen) atoms. The number of hydrogen-bond donors (Lipinski definition) is 1. The first-order valence-electron chi connectivity index (χ1n) is 5.45. The fraction of sp³-hybridized carbons (Fsp3) is 0.0714. The van der Waals surface area contributed by atoms with Crippen molar-refractivity contribution in [1.29, 1.82) is 0 Å². The van der Waals surface area contributed by atoms with Gasteiger partial charge in [0.05, 0.1) is 0 Å². The predicted molar refractivity (Wildman–Crippen MR) is 77.8 cm³/mol. The lowest BCUT2D eigenvalue weighted by Gasteiger charge is -2.10. The number of nitrogens with two attached hydrogens (primary N) is 1. The number of amides is 1. The summed E-state index contributed by atoms with van der Waals surface area (Å²) in [7, 11) is 0. The van der Waals surface area contributed by atoms with E-state index < -0.39 is 17.5 Å². The summed E-state index contributed by atoms with van der Waals surface area (Å²) in [6, 6.07) is 6.59. The van der Waals surface area contributed by atoms with Crippen LogP contribution >= 0.6 is 22.6 Å². The average molecular weight is 373 g/mol. The molecule has 98 valence electrons. The fourth-order valence-electron chi connectivity index (χ4n) is 1.81. The van der Waals surface area contributed by atoms with E-state index in [-0.39, 0.29) is 5.56 Å². The first-order valence-corrected chi connectivity index (χ1v) is 6.53. The van der Waals surface area contributed by atoms with Crippen molar-refractivity contribution in [3.05, 3.63) is 56.7 Å². The molecule has 5 heteroatoms. The zero-order valence-electron chi connectivity index (χ0n) is 10.0. The van der Waals surface area contributed by atoms with Gasteiger partial charge in [-0.05, 0) is 64.9 Å². The van der Waals surface area contributed by atoms with E-state index in [4.69, 9.17) is 5.73 Å². The van der Waals surface area contributed by atoms with Crippen LogP contribution < -0.4 is 5.73 Å². The molecule has 0 radical (unpaired) electrons. The van der Waals surface area contributed by atoms with Crippen LogP contribution in [0.2, 0.25) is 0 Å². The topological polar surface area (TPSA) is 43.1 Å². The molecule has 2 nitrogen and oxygen atoms in total. The molecule has 0 aliphatic heterocycles. The Hall–Kier alpha value is -1.50. The molecule has 0 bridgehead atoms. The molecule has 0 saturated heterocycles. The molecule has 0 heterocycles. The molecule has 2 N–H and O–H groups in total. The van der Waals surface area contributed by atoms with Crippen LogP contribution in [0.4, 0.5) is 8.78 Å². The number of rotatable bonds is 2. The number of halogens is 3. The van der Waals surface area contributed by atoms with Gasteiger partial charge in [-0.15, -0.1) is 0 Å². The zero-order valence-corrected chi connectivity index (χ0v) is 12.2. The minimum Gasteiger partial charge on any atom is -0.366 e. The van der Waals surface area contributed by atoms with E-state index in [0.29, 0.717) is 11.1 Å². The highest BCUT2D eigenvalue weighted by Crippen LogP contribution is 2.28. The minimum absolute atomic E-state index is 0.238. The molecular formula is C14H10F2INO. The molecule has 1 amide bonds. The van der Waals surface area contributed by atoms with E-state index in [1.807, 2.05) is 22.6 Å². The van der Waals surface area contributed by atoms with Gasteiger partial charge in [0.2, 0.25) is 5.91 Å². The molecule has 2 rings (SSSR count). The van der Waals surface area contributed by atoms with Gasteiger partial charge in [-0.25, -0.2) is 8.78 Å². The lowest BCUT2D eigenvalue weighted by Crippen LogP contribution is -2.13. The molecule has 0 fully saturated rings. The van der Waals surface area contributed by atoms with Gasteiger partial charge in [-0.2, -0.15) is 0 Å². The van der Waals surface area contributed by atoms with Gasteiger partial charge in [0.25, 0.3) is 0 Å². The molecule has 2 aromatic carbocycles. The Morgan fingerprint density at radius 2 is 1.89 bits per heavy atom. The summed E-state index contributed by atoms with van der Waals surface area (Å²) in [4.78, 5) is 11.4. The van der Waals surface area contributed by atoms with Gasteiger partial charge >= 0.3 is 0 Å². The van der Waals surface area contributed by atoms with Crippen molar-refractivity contribution >= 4 is 28.5 Å². The van der Waals surface area contributed by atoms with Crippen LogP contribution in [0.3, 0.4) is 0 Å². The average Bonchev–Trinajstić information content (AvgIpc) is 2.32. The van der Waals surface area contributed by atoms with Gasteiger partial charge in [0.1, 0.15) is 11.6 Å². The second kappa shape index (κ2) is 5.24. The molecule has 0 saturated carbocycles. The first-order chi connectivity index (χ1) is 8.90. The summed E-state index contributed by atoms with van der Waals surface area (Å²) in [6.45, 7) is 1.77. The van der Waals surface area contributed by atoms with Crippen molar-refractivity contribution in [2.24, 2.45) is 5.73 Å². The number of carbonyl (C=O) groups excluding carboxylic acids is 1. The number of carbonyl (C=O) groups is 1. The first kappa shape index (κ1) is 13.9. The largest absolute Gasteiger partial charge is 0.366 e. The highest BCUT2D eigenvalue weighted by molar-refractivity contribution is 14.1. The van der Waals surface area contributed by atoms with Gasteiger partial charge in [0, 0.05) is 20.8 Å². The molecular weight excluding hydrogens is 363 g/mol. The Labute approximate surface area is 122 Å². The Morgan fingerprint density at radius 1 is 1.21 bits per heavy atom. The van der Waals surface area contributed by atoms with Gasteiger partial charge < -0.3 is 5.73 Å². The van der Waals surface area contributed by atoms with E-state index in [2.05, 4.69) is 0 Å². The second-order valence-electron chi connectivity index (χ2n) is 4.12. The SMILES string of the molecule is Cc1c(I)cc(-c2ccc(F)cc2F)cc1C(N)=O. The van der Waals surface area contributed by atoms with E-state index in [1.165, 1.54) is 18.2 Å². The van der Waals surface area contributed by atoms with Crippen LogP contribution in [-0.4, -0.2) is 5.91 Å². The van der Waals surface area contributed by atoms with Crippen molar-refractivity contribution in [3.63, 3.8) is 0 Å². The molecule has 0 aliphatic rings. The summed E-state index contributed by atoms with van der Waals surface area (Å²) in [5.74, 6) is -1.88. The second-order valence-corrected chi connectivity index (χ2v) is 5.28. The fourth-order valence-corrected chi connectivity index (χ4v) is 2.44. The number of primary amides is 1. The maximum absolute atomic E-state index is 13.7. The van der Waals surface area contributed by atoms with E-state index >= 15 is 0 Å². The summed E-state index contributed by atoms with van der Waals surface area (Å²) >= 11 is 2.05. The summed E-state index contributed by atoms with van der Waals surface area (Å²) in [5, 5.41) is 0. The molecule has 0 unspecified atom stereocenters. The van der Waals surface area contributed by atoms with Crippen LogP contribution in [0.25, 0.3) is 11.1 Å². The Morgan fingerprint density at radius 3 is 2.47 bits per heavy atom. The van der Waals surface area contributed by atoms with Crippen molar-refractivity contribution in [2.45, 2.75) is 6.92 Å². The van der Waals surface area contributed by atoms with Crippen LogP contribution in [0.1, 0.15) is 15.9 Å². The maximum Gasteiger partial charge on any atom is 0.249 e. The minimum atomic E-state index is -0.671. The standard InChI is InChI=1S/C14H10F2INO/c1-7-11(14(18)19)4-8(5-13(7)17)10-3-2-9(15)6-12(10)16/h2-6H,1H3,(H2,18,19). The molecule has 0 atom stereocenters. The van der Waals surface area contributed by atoms with Crippen LogP contribution in [0.5, 0.6) is 0 Å². The molecule has 0 spiro atoms. The van der Waals surface area contributed by atoms with E-state index in [0.717, 1.165) is 15.2 Å². The monoisotopic (exact) mass is 373 g/mol. The summed E-state index contributed by atoms with van der Waals surface area (Å²) in [5.41, 5.74) is 7.12. The van der Waals surface area contributed by atoms with Gasteiger partial charge in [-0.1, -0.05) is 0 Å². The van der Waals surface area contributed by atoms with E-state index in [9.17, 15) is 13.6 Å². The highest BCUT2D eigenvalue weighted by atomic mass is 127. The Kier molecular flexibility index (Phi) is 3.84. The number of benzene rings is 2. The number of hydrogen-bond acceptors (Lipinski definition) is 1. The Bertz CT molecular complexity index is 671. The van der Waals surface area contributed by atoms with Gasteiger partial charge in [-0.3, -0.25) is 4.79 Å². The third-order valence-corrected chi connectivity index (χ3v) is 3.97. The normalized spacial score (nSPS) is 10.5. The molecule has 2 aromatic rings. The van der Waals surface area contributed by atoms with E-state index in [1.54, 1.807) is 13.0 Å². The molecule has 0 aliphatic carbocycles. The quantitative estimate of drug-likeness (QED) is 0.803. The summed E-state index contributed by atoms with van der Waals surface area (Å²) < 4.78 is 27.4. The zero-order chi connectivity index (χ0) is 14.2. The van der Waals surface area contributed by atoms with Crippen molar-refractivity contribution in [1.82, 2.24) is 0 Å². The lowest BCUT2D eigenvalue weighted by molar-refractivity contribution is 0.0999. The Balaban J connectivity index is 2.66. The third-order valence-electron chi connectivity index (χ3n) is 2.85. The highest BCUT2D eigenvalue weighted by Gasteiger charge is 2.13. The van der Waals surface area contributed by atoms with Crippen molar-refractivity contribution in [2.75, 3.05) is 0 Å². The van der Waals surface area contributed by atoms with Crippen molar-refractivity contribution in [3.8, 4) is 11.1 Å².